The average Bonchev–Trinajstić information content (AvgIpc) is 2.48. The lowest BCUT2D eigenvalue weighted by atomic mass is 10.1. The molecule has 2 rings (SSSR count). The molecule has 0 amide bonds. The van der Waals surface area contributed by atoms with Gasteiger partial charge in [0.25, 0.3) is 0 Å². The van der Waals surface area contributed by atoms with E-state index in [0.717, 1.165) is 16.5 Å². The second-order valence-electron chi connectivity index (χ2n) is 3.96. The highest BCUT2D eigenvalue weighted by molar-refractivity contribution is 9.08. The van der Waals surface area contributed by atoms with Gasteiger partial charge in [-0.3, -0.25) is 0 Å². The van der Waals surface area contributed by atoms with Crippen LogP contribution in [0.25, 0.3) is 0 Å². The molecule has 4 heteroatoms. The molecule has 0 saturated carbocycles. The second-order valence-corrected chi connectivity index (χ2v) is 5.09. The Morgan fingerprint density at radius 2 is 1.74 bits per heavy atom. The Morgan fingerprint density at radius 1 is 1.00 bits per heavy atom. The summed E-state index contributed by atoms with van der Waals surface area (Å²) in [5.74, 6) is 0.261. The predicted molar refractivity (Wildman–Crippen MR) is 83.1 cm³/mol. The molecule has 0 fully saturated rings. The summed E-state index contributed by atoms with van der Waals surface area (Å²) >= 11 is 6.80. The minimum atomic E-state index is -0.338. The molecule has 2 nitrogen and oxygen atoms in total. The Balaban J connectivity index is 2.25. The summed E-state index contributed by atoms with van der Waals surface area (Å²) in [6.45, 7) is 0. The molecule has 0 aliphatic rings. The maximum absolute atomic E-state index is 12.0. The molecular formula is C15H12Br2O2. The molecule has 0 spiro atoms. The van der Waals surface area contributed by atoms with E-state index in [2.05, 4.69) is 31.9 Å². The quantitative estimate of drug-likeness (QED) is 0.434. The van der Waals surface area contributed by atoms with Crippen molar-refractivity contribution in [3.63, 3.8) is 0 Å². The topological polar surface area (TPSA) is 26.3 Å². The van der Waals surface area contributed by atoms with Gasteiger partial charge in [-0.05, 0) is 23.8 Å². The third kappa shape index (κ3) is 3.67. The smallest absolute Gasteiger partial charge is 0.343 e. The number of hydrogen-bond acceptors (Lipinski definition) is 2. The predicted octanol–water partition coefficient (Wildman–Crippen LogP) is 4.70. The third-order valence-electron chi connectivity index (χ3n) is 2.64. The van der Waals surface area contributed by atoms with Gasteiger partial charge in [0.05, 0.1) is 5.56 Å². The lowest BCUT2D eigenvalue weighted by Gasteiger charge is -2.10. The first-order valence-electron chi connectivity index (χ1n) is 5.75. The summed E-state index contributed by atoms with van der Waals surface area (Å²) in [5.41, 5.74) is 2.57. The normalized spacial score (nSPS) is 10.2. The molecule has 19 heavy (non-hydrogen) atoms. The summed E-state index contributed by atoms with van der Waals surface area (Å²) in [6.07, 6.45) is 0. The molecule has 0 heterocycles. The van der Waals surface area contributed by atoms with Gasteiger partial charge in [-0.2, -0.15) is 0 Å². The molecule has 0 aliphatic heterocycles. The number of hydrogen-bond donors (Lipinski definition) is 0. The van der Waals surface area contributed by atoms with Gasteiger partial charge in [0, 0.05) is 16.2 Å². The van der Waals surface area contributed by atoms with Crippen LogP contribution in [0.3, 0.4) is 0 Å². The van der Waals surface area contributed by atoms with Crippen molar-refractivity contribution < 1.29 is 9.53 Å². The number of rotatable bonds is 4. The van der Waals surface area contributed by atoms with E-state index < -0.39 is 0 Å². The van der Waals surface area contributed by atoms with Crippen molar-refractivity contribution in [1.29, 1.82) is 0 Å². The standard InChI is InChI=1S/C15H12Br2O2/c16-9-11-6-7-13(10-17)14(8-11)19-15(18)12-4-2-1-3-5-12/h1-8H,9-10H2. The van der Waals surface area contributed by atoms with Crippen LogP contribution < -0.4 is 4.74 Å². The van der Waals surface area contributed by atoms with Crippen LogP contribution in [0.15, 0.2) is 48.5 Å². The molecular weight excluding hydrogens is 372 g/mol. The summed E-state index contributed by atoms with van der Waals surface area (Å²) in [4.78, 5) is 12.0. The Labute approximate surface area is 129 Å². The minimum Gasteiger partial charge on any atom is -0.423 e. The molecule has 2 aromatic rings. The highest BCUT2D eigenvalue weighted by atomic mass is 79.9. The van der Waals surface area contributed by atoms with Gasteiger partial charge in [0.15, 0.2) is 0 Å². The van der Waals surface area contributed by atoms with Gasteiger partial charge < -0.3 is 4.74 Å². The van der Waals surface area contributed by atoms with Crippen molar-refractivity contribution in [2.45, 2.75) is 10.7 Å². The Morgan fingerprint density at radius 3 is 2.37 bits per heavy atom. The zero-order chi connectivity index (χ0) is 13.7. The number of carbonyl (C=O) groups excluding carboxylic acids is 1. The number of carbonyl (C=O) groups is 1. The molecule has 0 radical (unpaired) electrons. The summed E-state index contributed by atoms with van der Waals surface area (Å²) in [7, 11) is 0. The molecule has 0 N–H and O–H groups in total. The molecule has 98 valence electrons. The van der Waals surface area contributed by atoms with Crippen LogP contribution in [0.4, 0.5) is 0 Å². The van der Waals surface area contributed by atoms with E-state index in [-0.39, 0.29) is 5.97 Å². The second kappa shape index (κ2) is 6.87. The van der Waals surface area contributed by atoms with E-state index in [1.165, 1.54) is 0 Å². The monoisotopic (exact) mass is 382 g/mol. The Kier molecular flexibility index (Phi) is 5.16. The Bertz CT molecular complexity index is 568. The fourth-order valence-corrected chi connectivity index (χ4v) is 2.43. The number of halogens is 2. The number of benzene rings is 2. The zero-order valence-corrected chi connectivity index (χ0v) is 13.3. The van der Waals surface area contributed by atoms with Crippen molar-refractivity contribution in [3.05, 3.63) is 65.2 Å². The fourth-order valence-electron chi connectivity index (χ4n) is 1.62. The van der Waals surface area contributed by atoms with E-state index in [1.807, 2.05) is 36.4 Å². The highest BCUT2D eigenvalue weighted by Gasteiger charge is 2.11. The SMILES string of the molecule is O=C(Oc1cc(CBr)ccc1CBr)c1ccccc1. The van der Waals surface area contributed by atoms with Crippen molar-refractivity contribution in [1.82, 2.24) is 0 Å². The lowest BCUT2D eigenvalue weighted by Crippen LogP contribution is -2.09. The average molecular weight is 384 g/mol. The van der Waals surface area contributed by atoms with Crippen LogP contribution in [-0.4, -0.2) is 5.97 Å². The summed E-state index contributed by atoms with van der Waals surface area (Å²) in [5, 5.41) is 1.37. The van der Waals surface area contributed by atoms with Gasteiger partial charge in [-0.25, -0.2) is 4.79 Å². The van der Waals surface area contributed by atoms with Crippen LogP contribution in [-0.2, 0) is 10.7 Å². The first-order chi connectivity index (χ1) is 9.24. The molecule has 0 unspecified atom stereocenters. The largest absolute Gasteiger partial charge is 0.423 e. The van der Waals surface area contributed by atoms with E-state index >= 15 is 0 Å². The van der Waals surface area contributed by atoms with Crippen molar-refractivity contribution >= 4 is 37.8 Å². The Hall–Kier alpha value is -1.13. The summed E-state index contributed by atoms with van der Waals surface area (Å²) < 4.78 is 5.48. The summed E-state index contributed by atoms with van der Waals surface area (Å²) in [6, 6.07) is 14.8. The number of alkyl halides is 2. The van der Waals surface area contributed by atoms with Crippen LogP contribution in [0.1, 0.15) is 21.5 Å². The molecule has 0 atom stereocenters. The first kappa shape index (κ1) is 14.3. The van der Waals surface area contributed by atoms with Crippen LogP contribution in [0.5, 0.6) is 5.75 Å². The van der Waals surface area contributed by atoms with Gasteiger partial charge >= 0.3 is 5.97 Å². The van der Waals surface area contributed by atoms with Crippen molar-refractivity contribution in [3.8, 4) is 5.75 Å². The van der Waals surface area contributed by atoms with Gasteiger partial charge in [-0.15, -0.1) is 0 Å². The van der Waals surface area contributed by atoms with Crippen molar-refractivity contribution in [2.75, 3.05) is 0 Å². The molecule has 0 aliphatic carbocycles. The van der Waals surface area contributed by atoms with E-state index in [4.69, 9.17) is 4.74 Å². The third-order valence-corrected chi connectivity index (χ3v) is 3.89. The van der Waals surface area contributed by atoms with Crippen LogP contribution in [0, 0.1) is 0 Å². The first-order valence-corrected chi connectivity index (χ1v) is 8.00. The number of ether oxygens (including phenoxy) is 1. The lowest BCUT2D eigenvalue weighted by molar-refractivity contribution is 0.0733. The fraction of sp³-hybridized carbons (Fsp3) is 0.133. The van der Waals surface area contributed by atoms with Crippen molar-refractivity contribution in [2.24, 2.45) is 0 Å². The van der Waals surface area contributed by atoms with Gasteiger partial charge in [0.1, 0.15) is 5.75 Å². The van der Waals surface area contributed by atoms with E-state index in [0.29, 0.717) is 16.6 Å². The maximum atomic E-state index is 12.0. The van der Waals surface area contributed by atoms with E-state index in [1.54, 1.807) is 12.1 Å². The molecule has 0 saturated heterocycles. The van der Waals surface area contributed by atoms with Crippen LogP contribution in [0.2, 0.25) is 0 Å². The molecule has 0 bridgehead atoms. The highest BCUT2D eigenvalue weighted by Crippen LogP contribution is 2.25. The number of esters is 1. The van der Waals surface area contributed by atoms with E-state index in [9.17, 15) is 4.79 Å². The zero-order valence-electron chi connectivity index (χ0n) is 10.1. The maximum Gasteiger partial charge on any atom is 0.343 e. The minimum absolute atomic E-state index is 0.338. The molecule has 0 aromatic heterocycles. The van der Waals surface area contributed by atoms with Crippen LogP contribution >= 0.6 is 31.9 Å². The molecule has 2 aromatic carbocycles. The van der Waals surface area contributed by atoms with Gasteiger partial charge in [-0.1, -0.05) is 62.2 Å². The van der Waals surface area contributed by atoms with Gasteiger partial charge in [0.2, 0.25) is 0 Å².